The molecule has 2 heterocycles. The summed E-state index contributed by atoms with van der Waals surface area (Å²) in [6.45, 7) is 1.14. The minimum absolute atomic E-state index is 0.174. The molecule has 10 nitrogen and oxygen atoms in total. The highest BCUT2D eigenvalue weighted by molar-refractivity contribution is 7.80. The average molecular weight is 322 g/mol. The van der Waals surface area contributed by atoms with Crippen molar-refractivity contribution < 1.29 is 26.8 Å². The lowest BCUT2D eigenvalue weighted by molar-refractivity contribution is -0.0316. The molecule has 2 fully saturated rings. The summed E-state index contributed by atoms with van der Waals surface area (Å²) in [4.78, 5) is 13.5. The highest BCUT2D eigenvalue weighted by Crippen LogP contribution is 2.30. The number of methoxy groups -OCH3 is 1. The third kappa shape index (κ3) is 3.61. The maximum absolute atomic E-state index is 12.1. The number of hydroxylamine groups is 2. The second kappa shape index (κ2) is 6.13. The first-order chi connectivity index (χ1) is 9.83. The summed E-state index contributed by atoms with van der Waals surface area (Å²) in [6.07, 6.45) is 0.997. The highest BCUT2D eigenvalue weighted by Gasteiger charge is 2.48. The first kappa shape index (κ1) is 15.9. The molecule has 120 valence electrons. The number of nitrogens with one attached hydrogen (secondary N) is 2. The Kier molecular flexibility index (Phi) is 4.66. The normalized spacial score (nSPS) is 25.3. The smallest absolute Gasteiger partial charge is 0.383 e. The number of hydrogen-bond acceptors (Lipinski definition) is 6. The molecule has 0 aromatic rings. The van der Waals surface area contributed by atoms with Crippen molar-refractivity contribution in [2.24, 2.45) is 0 Å². The molecular weight excluding hydrogens is 304 g/mol. The third-order valence-corrected chi connectivity index (χ3v) is 3.80. The number of amidine groups is 1. The molecule has 21 heavy (non-hydrogen) atoms. The van der Waals surface area contributed by atoms with E-state index in [9.17, 15) is 13.2 Å². The number of amides is 2. The third-order valence-electron chi connectivity index (χ3n) is 3.45. The Morgan fingerprint density at radius 2 is 2.24 bits per heavy atom. The van der Waals surface area contributed by atoms with Crippen LogP contribution in [-0.4, -0.2) is 73.7 Å². The second-order valence-corrected chi connectivity index (χ2v) is 5.85. The van der Waals surface area contributed by atoms with E-state index in [1.54, 1.807) is 7.11 Å². The van der Waals surface area contributed by atoms with Gasteiger partial charge in [0, 0.05) is 20.2 Å². The zero-order valence-corrected chi connectivity index (χ0v) is 12.3. The van der Waals surface area contributed by atoms with Crippen molar-refractivity contribution in [1.82, 2.24) is 15.3 Å². The fraction of sp³-hybridized carbons (Fsp3) is 0.800. The first-order valence-corrected chi connectivity index (χ1v) is 7.78. The van der Waals surface area contributed by atoms with Gasteiger partial charge in [-0.1, -0.05) is 0 Å². The molecule has 2 atom stereocenters. The number of nitrogens with zero attached hydrogens (tertiary/aromatic N) is 2. The Hall–Kier alpha value is -1.43. The number of piperidine rings is 1. The van der Waals surface area contributed by atoms with Crippen molar-refractivity contribution in [3.8, 4) is 0 Å². The molecule has 0 aliphatic carbocycles. The van der Waals surface area contributed by atoms with E-state index in [-0.39, 0.29) is 12.4 Å². The summed E-state index contributed by atoms with van der Waals surface area (Å²) in [5, 5.41) is 11.5. The van der Waals surface area contributed by atoms with Crippen molar-refractivity contribution in [1.29, 1.82) is 5.41 Å². The van der Waals surface area contributed by atoms with E-state index < -0.39 is 28.5 Å². The van der Waals surface area contributed by atoms with Crippen LogP contribution >= 0.6 is 0 Å². The van der Waals surface area contributed by atoms with Gasteiger partial charge < -0.3 is 15.0 Å². The molecule has 2 bridgehead atoms. The quantitative estimate of drug-likeness (QED) is 0.252. The molecule has 3 N–H and O–H groups in total. The average Bonchev–Trinajstić information content (AvgIpc) is 2.63. The van der Waals surface area contributed by atoms with Gasteiger partial charge in [0.05, 0.1) is 18.7 Å². The van der Waals surface area contributed by atoms with E-state index in [1.807, 2.05) is 0 Å². The van der Waals surface area contributed by atoms with Crippen LogP contribution in [-0.2, 0) is 19.4 Å². The highest BCUT2D eigenvalue weighted by atomic mass is 32.3. The molecule has 2 rings (SSSR count). The van der Waals surface area contributed by atoms with Gasteiger partial charge in [-0.2, -0.15) is 13.5 Å². The molecule has 2 saturated heterocycles. The number of rotatable bonds is 6. The Morgan fingerprint density at radius 3 is 2.86 bits per heavy atom. The molecule has 0 aromatic heterocycles. The number of ether oxygens (including phenoxy) is 1. The van der Waals surface area contributed by atoms with Crippen LogP contribution in [0.1, 0.15) is 12.8 Å². The predicted molar refractivity (Wildman–Crippen MR) is 71.0 cm³/mol. The Bertz CT molecular complexity index is 524. The van der Waals surface area contributed by atoms with E-state index >= 15 is 0 Å². The Balaban J connectivity index is 2.01. The largest absolute Gasteiger partial charge is 0.418 e. The monoisotopic (exact) mass is 322 g/mol. The van der Waals surface area contributed by atoms with Gasteiger partial charge in [0.15, 0.2) is 0 Å². The van der Waals surface area contributed by atoms with Gasteiger partial charge in [0.25, 0.3) is 0 Å². The maximum Gasteiger partial charge on any atom is 0.418 e. The van der Waals surface area contributed by atoms with E-state index in [0.717, 1.165) is 0 Å². The van der Waals surface area contributed by atoms with Crippen LogP contribution in [0.2, 0.25) is 0 Å². The second-order valence-electron chi connectivity index (χ2n) is 4.84. The van der Waals surface area contributed by atoms with Gasteiger partial charge in [-0.3, -0.25) is 9.96 Å². The van der Waals surface area contributed by atoms with E-state index in [2.05, 4.69) is 9.60 Å². The molecule has 0 radical (unpaired) electrons. The van der Waals surface area contributed by atoms with Crippen LogP contribution in [0.5, 0.6) is 0 Å². The SMILES string of the molecule is COCCNC(=N)[C@@H]1CC[C@@H]2CN1C(=O)N2OS(=O)(=O)O. The molecule has 0 unspecified atom stereocenters. The van der Waals surface area contributed by atoms with Crippen molar-refractivity contribution in [2.45, 2.75) is 24.9 Å². The number of carbonyl (C=O) groups is 1. The number of hydrogen-bond donors (Lipinski definition) is 3. The lowest BCUT2D eigenvalue weighted by Gasteiger charge is -2.30. The van der Waals surface area contributed by atoms with Crippen LogP contribution in [0.3, 0.4) is 0 Å². The van der Waals surface area contributed by atoms with Crippen LogP contribution in [0.25, 0.3) is 0 Å². The summed E-state index contributed by atoms with van der Waals surface area (Å²) >= 11 is 0. The molecule has 0 spiro atoms. The van der Waals surface area contributed by atoms with Gasteiger partial charge in [-0.15, -0.1) is 4.28 Å². The predicted octanol–water partition coefficient (Wildman–Crippen LogP) is -0.797. The molecule has 0 aromatic carbocycles. The standard InChI is InChI=1S/C10H18N4O6S/c1-19-5-4-12-9(11)8-3-2-7-6-13(8)10(15)14(7)20-21(16,17)18/h7-8H,2-6H2,1H3,(H2,11,12)(H,16,17,18)/t7-,8+/m1/s1. The molecular formula is C10H18N4O6S. The minimum Gasteiger partial charge on any atom is -0.383 e. The topological polar surface area (TPSA) is 132 Å². The molecule has 2 amide bonds. The van der Waals surface area contributed by atoms with Gasteiger partial charge in [-0.25, -0.2) is 4.79 Å². The minimum atomic E-state index is -4.74. The fourth-order valence-electron chi connectivity index (χ4n) is 2.54. The molecule has 2 aliphatic rings. The van der Waals surface area contributed by atoms with Gasteiger partial charge in [0.2, 0.25) is 0 Å². The van der Waals surface area contributed by atoms with Crippen LogP contribution < -0.4 is 5.32 Å². The maximum atomic E-state index is 12.1. The first-order valence-electron chi connectivity index (χ1n) is 6.41. The van der Waals surface area contributed by atoms with Crippen molar-refractivity contribution in [3.05, 3.63) is 0 Å². The Labute approximate surface area is 122 Å². The summed E-state index contributed by atoms with van der Waals surface area (Å²) in [5.41, 5.74) is 0. The molecule has 0 saturated carbocycles. The van der Waals surface area contributed by atoms with Crippen LogP contribution in [0.15, 0.2) is 0 Å². The lowest BCUT2D eigenvalue weighted by Crippen LogP contribution is -2.50. The fourth-order valence-corrected chi connectivity index (χ4v) is 2.93. The number of carbonyl (C=O) groups excluding carboxylic acids is 1. The van der Waals surface area contributed by atoms with Crippen LogP contribution in [0, 0.1) is 5.41 Å². The van der Waals surface area contributed by atoms with Crippen molar-refractivity contribution in [2.75, 3.05) is 26.8 Å². The van der Waals surface area contributed by atoms with Gasteiger partial charge in [0.1, 0.15) is 5.84 Å². The zero-order valence-electron chi connectivity index (χ0n) is 11.5. The van der Waals surface area contributed by atoms with Crippen molar-refractivity contribution >= 4 is 22.3 Å². The van der Waals surface area contributed by atoms with Gasteiger partial charge in [-0.05, 0) is 12.8 Å². The summed E-state index contributed by atoms with van der Waals surface area (Å²) in [7, 11) is -3.20. The molecule has 2 aliphatic heterocycles. The summed E-state index contributed by atoms with van der Waals surface area (Å²) in [6, 6.07) is -1.57. The summed E-state index contributed by atoms with van der Waals surface area (Å²) < 4.78 is 39.4. The number of fused-ring (bicyclic) bond motifs is 2. The Morgan fingerprint density at radius 1 is 1.52 bits per heavy atom. The van der Waals surface area contributed by atoms with E-state index in [1.165, 1.54) is 4.90 Å². The van der Waals surface area contributed by atoms with Crippen molar-refractivity contribution in [3.63, 3.8) is 0 Å². The van der Waals surface area contributed by atoms with Crippen LogP contribution in [0.4, 0.5) is 4.79 Å². The van der Waals surface area contributed by atoms with E-state index in [0.29, 0.717) is 31.1 Å². The van der Waals surface area contributed by atoms with Gasteiger partial charge >= 0.3 is 16.4 Å². The summed E-state index contributed by atoms with van der Waals surface area (Å²) in [5.74, 6) is 0.174. The lowest BCUT2D eigenvalue weighted by atomic mass is 10.00. The zero-order chi connectivity index (χ0) is 15.6. The molecule has 11 heteroatoms. The number of urea groups is 1. The van der Waals surface area contributed by atoms with E-state index in [4.69, 9.17) is 14.7 Å².